The molecule has 1 aromatic carbocycles. The number of hydrogen-bond acceptors (Lipinski definition) is 4. The lowest BCUT2D eigenvalue weighted by Gasteiger charge is -2.23. The Hall–Kier alpha value is -1.88. The van der Waals surface area contributed by atoms with E-state index >= 15 is 0 Å². The summed E-state index contributed by atoms with van der Waals surface area (Å²) >= 11 is 6.00. The van der Waals surface area contributed by atoms with E-state index in [-0.39, 0.29) is 5.91 Å². The van der Waals surface area contributed by atoms with E-state index in [1.165, 1.54) is 11.2 Å². The van der Waals surface area contributed by atoms with Crippen LogP contribution >= 0.6 is 11.6 Å². The molecule has 2 rings (SSSR count). The third-order valence-corrected chi connectivity index (χ3v) is 2.64. The Labute approximate surface area is 104 Å². The molecule has 1 aliphatic rings. The van der Waals surface area contributed by atoms with Crippen molar-refractivity contribution in [2.24, 2.45) is 10.2 Å². The maximum atomic E-state index is 12.0. The minimum atomic E-state index is -0.819. The van der Waals surface area contributed by atoms with Crippen molar-refractivity contribution in [2.45, 2.75) is 5.38 Å². The fourth-order valence-corrected chi connectivity index (χ4v) is 1.65. The summed E-state index contributed by atoms with van der Waals surface area (Å²) in [5.74, 6) is -0.311. The van der Waals surface area contributed by atoms with Gasteiger partial charge in [-0.15, -0.1) is 11.6 Å². The molecule has 0 aliphatic carbocycles. The van der Waals surface area contributed by atoms with Crippen molar-refractivity contribution in [1.82, 2.24) is 5.43 Å². The van der Waals surface area contributed by atoms with Crippen LogP contribution in [0, 0.1) is 0 Å². The topological polar surface area (TPSA) is 57.1 Å². The highest BCUT2D eigenvalue weighted by atomic mass is 35.5. The van der Waals surface area contributed by atoms with Gasteiger partial charge in [-0.05, 0) is 12.1 Å². The van der Waals surface area contributed by atoms with E-state index in [0.717, 1.165) is 0 Å². The molecule has 17 heavy (non-hydrogen) atoms. The number of hydrogen-bond donors (Lipinski definition) is 1. The standard InChI is InChI=1S/C11H11ClN4O/c1-13-15-9-7-14-16(11(17)10(9)12)8-5-3-2-4-6-8/h2-7,10,13H,1H3/b15-9+. The van der Waals surface area contributed by atoms with Gasteiger partial charge in [-0.2, -0.15) is 15.2 Å². The molecule has 1 heterocycles. The Kier molecular flexibility index (Phi) is 3.39. The number of nitrogens with one attached hydrogen (secondary N) is 1. The molecule has 1 amide bonds. The quantitative estimate of drug-likeness (QED) is 0.633. The molecule has 0 fully saturated rings. The molecular weight excluding hydrogens is 240 g/mol. The molecule has 1 unspecified atom stereocenters. The first kappa shape index (κ1) is 11.6. The zero-order chi connectivity index (χ0) is 12.3. The van der Waals surface area contributed by atoms with Crippen molar-refractivity contribution in [3.8, 4) is 0 Å². The number of carbonyl (C=O) groups excluding carboxylic acids is 1. The highest BCUT2D eigenvalue weighted by Crippen LogP contribution is 2.19. The lowest BCUT2D eigenvalue weighted by atomic mass is 10.2. The van der Waals surface area contributed by atoms with Gasteiger partial charge in [0.25, 0.3) is 5.91 Å². The first-order valence-corrected chi connectivity index (χ1v) is 5.49. The van der Waals surface area contributed by atoms with Crippen molar-refractivity contribution in [3.63, 3.8) is 0 Å². The van der Waals surface area contributed by atoms with Crippen LogP contribution in [0.4, 0.5) is 5.69 Å². The van der Waals surface area contributed by atoms with Crippen LogP contribution in [0.2, 0.25) is 0 Å². The molecule has 0 spiro atoms. The first-order valence-electron chi connectivity index (χ1n) is 5.05. The van der Waals surface area contributed by atoms with E-state index in [2.05, 4.69) is 15.6 Å². The lowest BCUT2D eigenvalue weighted by molar-refractivity contribution is -0.117. The SMILES string of the molecule is CN/N=C1\C=NN(c2ccccc2)C(=O)C1Cl. The summed E-state index contributed by atoms with van der Waals surface area (Å²) < 4.78 is 0. The summed E-state index contributed by atoms with van der Waals surface area (Å²) in [6, 6.07) is 9.11. The molecule has 1 atom stereocenters. The Morgan fingerprint density at radius 2 is 2.12 bits per heavy atom. The molecule has 0 bridgehead atoms. The first-order chi connectivity index (χ1) is 8.24. The van der Waals surface area contributed by atoms with E-state index in [0.29, 0.717) is 11.4 Å². The molecule has 1 aromatic rings. The largest absolute Gasteiger partial charge is 0.313 e. The van der Waals surface area contributed by atoms with Crippen molar-refractivity contribution in [1.29, 1.82) is 0 Å². The Balaban J connectivity index is 2.32. The molecule has 0 saturated carbocycles. The van der Waals surface area contributed by atoms with E-state index in [9.17, 15) is 4.79 Å². The Morgan fingerprint density at radius 3 is 2.76 bits per heavy atom. The smallest absolute Gasteiger partial charge is 0.271 e. The maximum Gasteiger partial charge on any atom is 0.271 e. The van der Waals surface area contributed by atoms with E-state index in [1.54, 1.807) is 19.2 Å². The number of anilines is 1. The van der Waals surface area contributed by atoms with Crippen LogP contribution in [0.3, 0.4) is 0 Å². The van der Waals surface area contributed by atoms with Gasteiger partial charge in [0, 0.05) is 7.05 Å². The predicted octanol–water partition coefficient (Wildman–Crippen LogP) is 1.20. The Morgan fingerprint density at radius 1 is 1.41 bits per heavy atom. The number of rotatable bonds is 2. The third kappa shape index (κ3) is 2.29. The normalized spacial score (nSPS) is 22.0. The number of para-hydroxylation sites is 1. The third-order valence-electron chi connectivity index (χ3n) is 2.23. The van der Waals surface area contributed by atoms with Gasteiger partial charge in [0.15, 0.2) is 5.38 Å². The summed E-state index contributed by atoms with van der Waals surface area (Å²) in [5, 5.41) is 8.37. The summed E-state index contributed by atoms with van der Waals surface area (Å²) in [6.45, 7) is 0. The lowest BCUT2D eigenvalue weighted by Crippen LogP contribution is -2.43. The van der Waals surface area contributed by atoms with Crippen LogP contribution in [0.5, 0.6) is 0 Å². The summed E-state index contributed by atoms with van der Waals surface area (Å²) in [6.07, 6.45) is 1.47. The zero-order valence-corrected chi connectivity index (χ0v) is 9.93. The fourth-order valence-electron chi connectivity index (χ4n) is 1.45. The Bertz CT molecular complexity index is 472. The van der Waals surface area contributed by atoms with Gasteiger partial charge in [0.05, 0.1) is 11.9 Å². The highest BCUT2D eigenvalue weighted by Gasteiger charge is 2.31. The summed E-state index contributed by atoms with van der Waals surface area (Å²) in [4.78, 5) is 12.0. The van der Waals surface area contributed by atoms with Gasteiger partial charge in [0.1, 0.15) is 5.71 Å². The number of nitrogens with zero attached hydrogens (tertiary/aromatic N) is 3. The highest BCUT2D eigenvalue weighted by molar-refractivity contribution is 6.56. The average Bonchev–Trinajstić information content (AvgIpc) is 2.36. The summed E-state index contributed by atoms with van der Waals surface area (Å²) in [7, 11) is 1.64. The van der Waals surface area contributed by atoms with Crippen molar-refractivity contribution < 1.29 is 4.79 Å². The van der Waals surface area contributed by atoms with Crippen LogP contribution in [0.15, 0.2) is 40.5 Å². The van der Waals surface area contributed by atoms with Gasteiger partial charge < -0.3 is 5.43 Å². The molecule has 6 heteroatoms. The van der Waals surface area contributed by atoms with Crippen LogP contribution in [-0.4, -0.2) is 30.3 Å². The van der Waals surface area contributed by atoms with Crippen LogP contribution in [0.25, 0.3) is 0 Å². The molecule has 1 N–H and O–H groups in total. The monoisotopic (exact) mass is 250 g/mol. The molecule has 0 aromatic heterocycles. The van der Waals surface area contributed by atoms with Crippen LogP contribution in [0.1, 0.15) is 0 Å². The van der Waals surface area contributed by atoms with Crippen molar-refractivity contribution >= 4 is 35.1 Å². The molecule has 0 radical (unpaired) electrons. The number of halogens is 1. The minimum Gasteiger partial charge on any atom is -0.313 e. The molecule has 5 nitrogen and oxygen atoms in total. The second kappa shape index (κ2) is 4.97. The van der Waals surface area contributed by atoms with Gasteiger partial charge in [-0.3, -0.25) is 4.79 Å². The zero-order valence-electron chi connectivity index (χ0n) is 9.17. The fraction of sp³-hybridized carbons (Fsp3) is 0.182. The number of carbonyl (C=O) groups is 1. The number of alkyl halides is 1. The van der Waals surface area contributed by atoms with E-state index < -0.39 is 5.38 Å². The number of amides is 1. The maximum absolute atomic E-state index is 12.0. The van der Waals surface area contributed by atoms with Crippen molar-refractivity contribution in [2.75, 3.05) is 12.1 Å². The molecule has 1 aliphatic heterocycles. The molecule has 0 saturated heterocycles. The van der Waals surface area contributed by atoms with Crippen LogP contribution < -0.4 is 10.4 Å². The van der Waals surface area contributed by atoms with Gasteiger partial charge in [-0.1, -0.05) is 18.2 Å². The van der Waals surface area contributed by atoms with Crippen molar-refractivity contribution in [3.05, 3.63) is 30.3 Å². The molecular formula is C11H11ClN4O. The summed E-state index contributed by atoms with van der Waals surface area (Å²) in [5.41, 5.74) is 3.68. The number of benzene rings is 1. The predicted molar refractivity (Wildman–Crippen MR) is 68.6 cm³/mol. The van der Waals surface area contributed by atoms with Crippen LogP contribution in [-0.2, 0) is 4.79 Å². The van der Waals surface area contributed by atoms with Gasteiger partial charge in [-0.25, -0.2) is 0 Å². The average molecular weight is 251 g/mol. The van der Waals surface area contributed by atoms with Gasteiger partial charge >= 0.3 is 0 Å². The molecule has 88 valence electrons. The minimum absolute atomic E-state index is 0.311. The second-order valence-electron chi connectivity index (χ2n) is 3.35. The van der Waals surface area contributed by atoms with Gasteiger partial charge in [0.2, 0.25) is 0 Å². The number of hydrazone groups is 2. The van der Waals surface area contributed by atoms with E-state index in [1.807, 2.05) is 18.2 Å². The van der Waals surface area contributed by atoms with E-state index in [4.69, 9.17) is 11.6 Å². The second-order valence-corrected chi connectivity index (χ2v) is 3.79.